The predicted octanol–water partition coefficient (Wildman–Crippen LogP) is 6.85. The van der Waals surface area contributed by atoms with Crippen molar-refractivity contribution in [3.8, 4) is 0 Å². The third kappa shape index (κ3) is 94.7. The first-order chi connectivity index (χ1) is 30.4. The fourth-order valence-corrected chi connectivity index (χ4v) is 8.50. The summed E-state index contributed by atoms with van der Waals surface area (Å²) in [6.07, 6.45) is 0.177. The van der Waals surface area contributed by atoms with Crippen LogP contribution in [0.15, 0.2) is 27.6 Å². The summed E-state index contributed by atoms with van der Waals surface area (Å²) in [5.41, 5.74) is 3.54. The monoisotopic (exact) mass is 1530 g/mol. The Morgan fingerprint density at radius 2 is 0.750 bits per heavy atom. The summed E-state index contributed by atoms with van der Waals surface area (Å²) in [5.74, 6) is 0. The summed E-state index contributed by atoms with van der Waals surface area (Å²) in [6, 6.07) is 3.24. The number of hydrogen-bond donors (Lipinski definition) is 15. The molecule has 0 aromatic carbocycles. The SMILES string of the molecule is C=CC(O)C(C)=N.CC(=N)C(C)O.CC(=N)C(O)[Si](C)(C)C.CC(=N)CO.CCC(O)C(C)=N.CCC(O)C(C)=NC.CC[Si](CC)(CC)C(O)C(C)=N.CN=C(C)C(C)O.CN=C(C)CO.[Co].[Co].[Co].[Co].[Co].[Co].[Co].[Co].[Co]. The van der Waals surface area contributed by atoms with E-state index in [-0.39, 0.29) is 182 Å². The first-order valence-electron chi connectivity index (χ1n) is 22.6. The van der Waals surface area contributed by atoms with Crippen LogP contribution >= 0.6 is 0 Å². The molecule has 18 nitrogen and oxygen atoms in total. The maximum absolute atomic E-state index is 9.87. The minimum atomic E-state index is -1.55. The topological polar surface area (TPSA) is 362 Å². The van der Waals surface area contributed by atoms with Crippen LogP contribution in [-0.4, -0.2) is 190 Å². The molecule has 0 rings (SSSR count). The van der Waals surface area contributed by atoms with Gasteiger partial charge in [-0.25, -0.2) is 0 Å². The van der Waals surface area contributed by atoms with Crippen LogP contribution in [0.4, 0.5) is 0 Å². The van der Waals surface area contributed by atoms with Crippen molar-refractivity contribution < 1.29 is 197 Å². The molecule has 29 heteroatoms. The number of aliphatic hydroxyl groups is 9. The normalized spacial score (nSPS) is 12.3. The Balaban J connectivity index is -0.0000000310. The van der Waals surface area contributed by atoms with E-state index in [4.69, 9.17) is 68.2 Å². The van der Waals surface area contributed by atoms with Crippen molar-refractivity contribution in [1.82, 2.24) is 0 Å². The third-order valence-electron chi connectivity index (χ3n) is 9.54. The van der Waals surface area contributed by atoms with Gasteiger partial charge >= 0.3 is 0 Å². The summed E-state index contributed by atoms with van der Waals surface area (Å²) < 4.78 is 0. The molecule has 0 aromatic heterocycles. The standard InChI is InChI=1S/C9H21NOSi.C6H15NOSi.C6H13NO.2C5H11NO.C5H9NO.2C4H9NO.C3H7NO.9Co/c1-5-12(6-2,7-3)9(11)8(4)10;1-5(7)6(8)9(2,3)4;1-4-6(8)5(2)7-3;1-4(6-3)5(2)7;2*1-3-5(7)4(2)6;1-4(3-6)5-2;1-3(5)4(2)6;1-3(4)2-5;;;;;;;;;/h9-11H,5-7H2,1-4H3;6-8H,1-4H3;6,8H,4H2,1-3H3;5,7H,1-3H3;5-7H,3H2,1-2H3;3,5-7H,1H2,2H3;6H,3H2,1-2H3;4-6H,1-2H3;4-5H,2H2,1H3;;;;;;;;;. The fraction of sp³-hybridized carbons (Fsp3) is 0.766. The van der Waals surface area contributed by atoms with Crippen molar-refractivity contribution in [1.29, 1.82) is 32.5 Å². The van der Waals surface area contributed by atoms with Gasteiger partial charge in [0.1, 0.15) is 6.10 Å². The van der Waals surface area contributed by atoms with E-state index in [2.05, 4.69) is 62.0 Å². The Kier molecular flexibility index (Phi) is 140. The maximum Gasteiger partial charge on any atom is 0.109 e. The van der Waals surface area contributed by atoms with Gasteiger partial charge in [-0.15, -0.1) is 6.58 Å². The summed E-state index contributed by atoms with van der Waals surface area (Å²) in [6.45, 7) is 37.9. The molecule has 9 radical (unpaired) electrons. The number of nitrogens with zero attached hydrogens (tertiary/aromatic N) is 3. The second-order valence-corrected chi connectivity index (χ2v) is 27.3. The molecule has 15 N–H and O–H groups in total. The summed E-state index contributed by atoms with van der Waals surface area (Å²) in [4.78, 5) is 11.3. The zero-order valence-electron chi connectivity index (χ0n) is 49.1. The Hall–Kier alpha value is 1.40. The van der Waals surface area contributed by atoms with E-state index in [9.17, 15) is 10.2 Å². The maximum atomic E-state index is 9.87. The van der Waals surface area contributed by atoms with E-state index >= 15 is 0 Å². The van der Waals surface area contributed by atoms with Crippen LogP contribution < -0.4 is 0 Å². The van der Waals surface area contributed by atoms with Gasteiger partial charge in [-0.1, -0.05) is 78.5 Å². The van der Waals surface area contributed by atoms with E-state index in [1.807, 2.05) is 20.8 Å². The minimum absolute atomic E-state index is 0. The van der Waals surface area contributed by atoms with Crippen LogP contribution in [-0.2, 0) is 151 Å². The largest absolute Gasteiger partial charge is 0.391 e. The molecule has 0 aromatic rings. The third-order valence-corrected chi connectivity index (χ3v) is 17.4. The van der Waals surface area contributed by atoms with E-state index in [1.165, 1.54) is 13.0 Å². The van der Waals surface area contributed by atoms with E-state index in [0.29, 0.717) is 35.0 Å². The zero-order chi connectivity index (χ0) is 56.0. The molecule has 0 bridgehead atoms. The molecule has 76 heavy (non-hydrogen) atoms. The molecule has 0 aliphatic heterocycles. The van der Waals surface area contributed by atoms with Crippen molar-refractivity contribution >= 4 is 67.6 Å². The van der Waals surface area contributed by atoms with Crippen molar-refractivity contribution in [2.75, 3.05) is 34.4 Å². The Labute approximate surface area is 556 Å². The van der Waals surface area contributed by atoms with Crippen LogP contribution in [0.25, 0.3) is 0 Å². The summed E-state index contributed by atoms with van der Waals surface area (Å²) in [7, 11) is 1.97. The van der Waals surface area contributed by atoms with Gasteiger partial charge in [-0.2, -0.15) is 0 Å². The number of nitrogens with one attached hydrogen (secondary N) is 6. The van der Waals surface area contributed by atoms with Gasteiger partial charge in [0.05, 0.1) is 65.2 Å². The van der Waals surface area contributed by atoms with Crippen LogP contribution in [0, 0.1) is 32.5 Å². The predicted molar refractivity (Wildman–Crippen MR) is 296 cm³/mol. The molecule has 0 heterocycles. The van der Waals surface area contributed by atoms with Gasteiger partial charge in [0.2, 0.25) is 0 Å². The van der Waals surface area contributed by atoms with Crippen molar-refractivity contribution in [3.05, 3.63) is 12.7 Å². The van der Waals surface area contributed by atoms with Crippen LogP contribution in [0.3, 0.4) is 0 Å². The van der Waals surface area contributed by atoms with Gasteiger partial charge in [0.25, 0.3) is 0 Å². The van der Waals surface area contributed by atoms with Crippen LogP contribution in [0.2, 0.25) is 37.8 Å². The Morgan fingerprint density at radius 3 is 0.776 bits per heavy atom. The smallest absolute Gasteiger partial charge is 0.109 e. The van der Waals surface area contributed by atoms with Crippen LogP contribution in [0.1, 0.15) is 124 Å². The quantitative estimate of drug-likeness (QED) is 0.0411. The van der Waals surface area contributed by atoms with Crippen molar-refractivity contribution in [3.63, 3.8) is 0 Å². The molecule has 0 spiro atoms. The molecule has 0 saturated heterocycles. The number of aliphatic hydroxyl groups excluding tert-OH is 9. The second kappa shape index (κ2) is 82.9. The first-order valence-corrected chi connectivity index (χ1v) is 28.8. The molecule has 0 aliphatic carbocycles. The molecule has 0 fully saturated rings. The molecule has 0 amide bonds. The summed E-state index contributed by atoms with van der Waals surface area (Å²) >= 11 is 0. The van der Waals surface area contributed by atoms with Gasteiger partial charge < -0.3 is 78.4 Å². The Morgan fingerprint density at radius 1 is 0.461 bits per heavy atom. The summed E-state index contributed by atoms with van der Waals surface area (Å²) in [5, 5.41) is 120. The zero-order valence-corrected chi connectivity index (χ0v) is 60.5. The van der Waals surface area contributed by atoms with Crippen molar-refractivity contribution in [2.45, 2.75) is 203 Å². The average molecular weight is 1530 g/mol. The molecular weight excluding hydrogens is 1420 g/mol. The number of hydrogen-bond acceptors (Lipinski definition) is 18. The number of aliphatic imine (C=N–C) groups is 3. The average Bonchev–Trinajstić information content (AvgIpc) is 3.28. The van der Waals surface area contributed by atoms with Gasteiger partial charge in [-0.05, 0) is 89.0 Å². The molecule has 0 saturated carbocycles. The minimum Gasteiger partial charge on any atom is -0.391 e. The van der Waals surface area contributed by atoms with Crippen molar-refractivity contribution in [2.24, 2.45) is 15.0 Å². The molecule has 481 valence electrons. The molecular formula is C47H105Co9N9O9Si2. The van der Waals surface area contributed by atoms with Gasteiger partial charge in [0.15, 0.2) is 0 Å². The second-order valence-electron chi connectivity index (χ2n) is 16.7. The van der Waals surface area contributed by atoms with E-state index in [1.54, 1.807) is 83.5 Å². The van der Waals surface area contributed by atoms with Crippen LogP contribution in [0.5, 0.6) is 0 Å². The molecule has 7 unspecified atom stereocenters. The van der Waals surface area contributed by atoms with E-state index < -0.39 is 45.9 Å². The number of rotatable bonds is 17. The van der Waals surface area contributed by atoms with Gasteiger partial charge in [-0.3, -0.25) is 15.0 Å². The van der Waals surface area contributed by atoms with Gasteiger partial charge in [0, 0.05) is 224 Å². The molecule has 7 atom stereocenters. The van der Waals surface area contributed by atoms with E-state index in [0.717, 1.165) is 41.7 Å². The molecule has 0 aliphatic rings. The first kappa shape index (κ1) is 128. The fourth-order valence-electron chi connectivity index (χ4n) is 3.62. The Bertz CT molecular complexity index is 1430.